The van der Waals surface area contributed by atoms with Gasteiger partial charge >= 0.3 is 0 Å². The molecule has 96 valence electrons. The molecule has 0 heterocycles. The Kier molecular flexibility index (Phi) is 5.48. The molecule has 1 aliphatic rings. The maximum atomic E-state index is 6.33. The molecule has 0 aromatic heterocycles. The lowest BCUT2D eigenvalue weighted by atomic mass is 9.91. The molecule has 0 radical (unpaired) electrons. The van der Waals surface area contributed by atoms with Gasteiger partial charge in [-0.15, -0.1) is 12.4 Å². The van der Waals surface area contributed by atoms with Crippen LogP contribution in [0.5, 0.6) is 0 Å². The molecule has 17 heavy (non-hydrogen) atoms. The van der Waals surface area contributed by atoms with E-state index >= 15 is 0 Å². The molecule has 1 aliphatic carbocycles. The van der Waals surface area contributed by atoms with Gasteiger partial charge in [0.25, 0.3) is 0 Å². The van der Waals surface area contributed by atoms with Gasteiger partial charge in [0.15, 0.2) is 0 Å². The first-order valence-corrected chi connectivity index (χ1v) is 6.54. The molecule has 0 saturated heterocycles. The largest absolute Gasteiger partial charge is 0.324 e. The van der Waals surface area contributed by atoms with E-state index in [2.05, 4.69) is 38.1 Å². The van der Waals surface area contributed by atoms with E-state index < -0.39 is 0 Å². The van der Waals surface area contributed by atoms with E-state index in [1.807, 2.05) is 0 Å². The van der Waals surface area contributed by atoms with E-state index in [0.717, 1.165) is 0 Å². The summed E-state index contributed by atoms with van der Waals surface area (Å²) in [6, 6.07) is 9.16. The first-order chi connectivity index (χ1) is 7.68. The van der Waals surface area contributed by atoms with Gasteiger partial charge in [-0.25, -0.2) is 0 Å². The molecular weight excluding hydrogens is 230 g/mol. The van der Waals surface area contributed by atoms with Crippen molar-refractivity contribution in [2.45, 2.75) is 51.5 Å². The molecule has 0 unspecified atom stereocenters. The Hall–Kier alpha value is -0.530. The molecule has 2 N–H and O–H groups in total. The third kappa shape index (κ3) is 3.46. The smallest absolute Gasteiger partial charge is 0.0323 e. The molecule has 1 nitrogen and oxygen atoms in total. The summed E-state index contributed by atoms with van der Waals surface area (Å²) in [5, 5.41) is 0. The van der Waals surface area contributed by atoms with Crippen molar-refractivity contribution in [1.82, 2.24) is 0 Å². The van der Waals surface area contributed by atoms with Crippen LogP contribution in [0.2, 0.25) is 0 Å². The number of nitrogens with two attached hydrogens (primary N) is 1. The summed E-state index contributed by atoms with van der Waals surface area (Å²) < 4.78 is 0. The molecule has 0 amide bonds. The highest BCUT2D eigenvalue weighted by molar-refractivity contribution is 5.85. The summed E-state index contributed by atoms with van der Waals surface area (Å²) in [4.78, 5) is 0. The monoisotopic (exact) mass is 253 g/mol. The Balaban J connectivity index is 0.00000144. The SMILES string of the molecule is CC(C)c1ccc([C@@H](N)C2CCCC2)cc1.Cl. The van der Waals surface area contributed by atoms with Crippen LogP contribution in [0.15, 0.2) is 24.3 Å². The van der Waals surface area contributed by atoms with Crippen LogP contribution in [0.4, 0.5) is 0 Å². The van der Waals surface area contributed by atoms with Crippen LogP contribution in [0.1, 0.15) is 62.6 Å². The van der Waals surface area contributed by atoms with Gasteiger partial charge in [-0.3, -0.25) is 0 Å². The number of rotatable bonds is 3. The lowest BCUT2D eigenvalue weighted by Crippen LogP contribution is -2.19. The van der Waals surface area contributed by atoms with Crippen molar-refractivity contribution in [2.75, 3.05) is 0 Å². The number of hydrogen-bond donors (Lipinski definition) is 1. The number of halogens is 1. The van der Waals surface area contributed by atoms with Crippen molar-refractivity contribution in [3.05, 3.63) is 35.4 Å². The lowest BCUT2D eigenvalue weighted by molar-refractivity contribution is 0.445. The first kappa shape index (κ1) is 14.5. The predicted molar refractivity (Wildman–Crippen MR) is 76.7 cm³/mol. The summed E-state index contributed by atoms with van der Waals surface area (Å²) in [5.41, 5.74) is 9.05. The molecule has 1 atom stereocenters. The van der Waals surface area contributed by atoms with Crippen LogP contribution < -0.4 is 5.73 Å². The fraction of sp³-hybridized carbons (Fsp3) is 0.600. The standard InChI is InChI=1S/C15H23N.ClH/c1-11(2)12-7-9-14(10-8-12)15(16)13-5-3-4-6-13;/h7-11,13,15H,3-6,16H2,1-2H3;1H/t15-;/m0./s1. The zero-order valence-electron chi connectivity index (χ0n) is 10.9. The minimum absolute atomic E-state index is 0. The van der Waals surface area contributed by atoms with Crippen LogP contribution in [0.25, 0.3) is 0 Å². The number of hydrogen-bond acceptors (Lipinski definition) is 1. The van der Waals surface area contributed by atoms with Crippen molar-refractivity contribution in [3.8, 4) is 0 Å². The quantitative estimate of drug-likeness (QED) is 0.848. The Labute approximate surface area is 111 Å². The van der Waals surface area contributed by atoms with E-state index in [4.69, 9.17) is 5.73 Å². The van der Waals surface area contributed by atoms with Gasteiger partial charge in [0, 0.05) is 6.04 Å². The fourth-order valence-electron chi connectivity index (χ4n) is 2.69. The Morgan fingerprint density at radius 1 is 1.00 bits per heavy atom. The summed E-state index contributed by atoms with van der Waals surface area (Å²) in [6.45, 7) is 4.46. The maximum absolute atomic E-state index is 6.33. The zero-order valence-corrected chi connectivity index (χ0v) is 11.7. The molecule has 2 heteroatoms. The van der Waals surface area contributed by atoms with E-state index in [1.54, 1.807) is 0 Å². The van der Waals surface area contributed by atoms with E-state index in [1.165, 1.54) is 36.8 Å². The molecule has 0 aliphatic heterocycles. The lowest BCUT2D eigenvalue weighted by Gasteiger charge is -2.19. The molecule has 1 saturated carbocycles. The van der Waals surface area contributed by atoms with Crippen molar-refractivity contribution in [2.24, 2.45) is 11.7 Å². The van der Waals surface area contributed by atoms with Crippen LogP contribution in [-0.2, 0) is 0 Å². The topological polar surface area (TPSA) is 26.0 Å². The predicted octanol–water partition coefficient (Wildman–Crippen LogP) is 4.42. The summed E-state index contributed by atoms with van der Waals surface area (Å²) in [5.74, 6) is 1.32. The van der Waals surface area contributed by atoms with Crippen LogP contribution >= 0.6 is 12.4 Å². The molecule has 2 rings (SSSR count). The van der Waals surface area contributed by atoms with Crippen molar-refractivity contribution < 1.29 is 0 Å². The van der Waals surface area contributed by atoms with E-state index in [-0.39, 0.29) is 18.4 Å². The zero-order chi connectivity index (χ0) is 11.5. The average Bonchev–Trinajstić information content (AvgIpc) is 2.81. The van der Waals surface area contributed by atoms with Gasteiger partial charge in [0.1, 0.15) is 0 Å². The average molecular weight is 254 g/mol. The molecule has 1 fully saturated rings. The second kappa shape index (κ2) is 6.42. The maximum Gasteiger partial charge on any atom is 0.0323 e. The number of benzene rings is 1. The van der Waals surface area contributed by atoms with Crippen molar-refractivity contribution in [3.63, 3.8) is 0 Å². The van der Waals surface area contributed by atoms with E-state index in [9.17, 15) is 0 Å². The summed E-state index contributed by atoms with van der Waals surface area (Å²) in [6.07, 6.45) is 5.35. The van der Waals surface area contributed by atoms with Crippen molar-refractivity contribution in [1.29, 1.82) is 0 Å². The summed E-state index contributed by atoms with van der Waals surface area (Å²) >= 11 is 0. The first-order valence-electron chi connectivity index (χ1n) is 6.54. The minimum atomic E-state index is 0. The molecule has 0 spiro atoms. The van der Waals surface area contributed by atoms with Crippen molar-refractivity contribution >= 4 is 12.4 Å². The second-order valence-corrected chi connectivity index (χ2v) is 5.39. The highest BCUT2D eigenvalue weighted by atomic mass is 35.5. The normalized spacial score (nSPS) is 18.1. The van der Waals surface area contributed by atoms with Gasteiger partial charge in [0.2, 0.25) is 0 Å². The third-order valence-corrected chi connectivity index (χ3v) is 3.90. The molecular formula is C15H24ClN. The minimum Gasteiger partial charge on any atom is -0.324 e. The Morgan fingerprint density at radius 2 is 1.47 bits per heavy atom. The molecule has 0 bridgehead atoms. The fourth-order valence-corrected chi connectivity index (χ4v) is 2.69. The van der Waals surface area contributed by atoms with Crippen LogP contribution in [0, 0.1) is 5.92 Å². The summed E-state index contributed by atoms with van der Waals surface area (Å²) in [7, 11) is 0. The second-order valence-electron chi connectivity index (χ2n) is 5.39. The highest BCUT2D eigenvalue weighted by Gasteiger charge is 2.22. The Bertz CT molecular complexity index is 325. The molecule has 1 aromatic rings. The highest BCUT2D eigenvalue weighted by Crippen LogP contribution is 2.34. The Morgan fingerprint density at radius 3 is 1.94 bits per heavy atom. The van der Waals surface area contributed by atoms with Gasteiger partial charge in [-0.1, -0.05) is 51.0 Å². The van der Waals surface area contributed by atoms with Gasteiger partial charge in [-0.2, -0.15) is 0 Å². The van der Waals surface area contributed by atoms with Gasteiger partial charge in [0.05, 0.1) is 0 Å². The molecule has 1 aromatic carbocycles. The van der Waals surface area contributed by atoms with Crippen LogP contribution in [0.3, 0.4) is 0 Å². The van der Waals surface area contributed by atoms with E-state index in [0.29, 0.717) is 11.8 Å². The van der Waals surface area contributed by atoms with Gasteiger partial charge in [-0.05, 0) is 35.8 Å². The van der Waals surface area contributed by atoms with Gasteiger partial charge < -0.3 is 5.73 Å². The third-order valence-electron chi connectivity index (χ3n) is 3.90. The van der Waals surface area contributed by atoms with Crippen LogP contribution in [-0.4, -0.2) is 0 Å².